The van der Waals surface area contributed by atoms with Crippen LogP contribution in [-0.4, -0.2) is 55.8 Å². The van der Waals surface area contributed by atoms with E-state index in [0.717, 1.165) is 11.8 Å². The van der Waals surface area contributed by atoms with Crippen molar-refractivity contribution in [2.75, 3.05) is 46.0 Å². The molecule has 0 bridgehead atoms. The van der Waals surface area contributed by atoms with Crippen LogP contribution in [0, 0.1) is 5.92 Å². The quantitative estimate of drug-likeness (QED) is 0.841. The molecular weight excluding hydrogens is 264 g/mol. The van der Waals surface area contributed by atoms with Crippen molar-refractivity contribution in [1.29, 1.82) is 0 Å². The minimum Gasteiger partial charge on any atom is -0.309 e. The molecule has 1 aromatic carbocycles. The van der Waals surface area contributed by atoms with Gasteiger partial charge in [-0.1, -0.05) is 18.2 Å². The fourth-order valence-electron chi connectivity index (χ4n) is 3.56. The molecule has 1 saturated heterocycles. The van der Waals surface area contributed by atoms with Crippen molar-refractivity contribution in [2.45, 2.75) is 23.7 Å². The van der Waals surface area contributed by atoms with Crippen molar-refractivity contribution in [3.63, 3.8) is 0 Å². The number of hydrogen-bond donors (Lipinski definition) is 0. The maximum Gasteiger partial charge on any atom is 0.0108 e. The summed E-state index contributed by atoms with van der Waals surface area (Å²) >= 11 is 2.04. The summed E-state index contributed by atoms with van der Waals surface area (Å²) in [7, 11) is 4.39. The van der Waals surface area contributed by atoms with Crippen LogP contribution >= 0.6 is 11.8 Å². The van der Waals surface area contributed by atoms with Crippen molar-refractivity contribution in [2.24, 2.45) is 5.92 Å². The summed E-state index contributed by atoms with van der Waals surface area (Å²) in [5, 5.41) is 0. The monoisotopic (exact) mass is 290 g/mol. The van der Waals surface area contributed by atoms with Gasteiger partial charge < -0.3 is 9.80 Å². The summed E-state index contributed by atoms with van der Waals surface area (Å²) in [4.78, 5) is 6.55. The van der Waals surface area contributed by atoms with Gasteiger partial charge in [0.15, 0.2) is 0 Å². The standard InChI is InChI=1S/C17H26N2S/c1-18(2)11-14-7-9-19(10-8-14)12-15-13-20-17-6-4-3-5-16(15)17/h3-6,14-15H,7-13H2,1-2H3. The molecule has 0 N–H and O–H groups in total. The maximum atomic E-state index is 2.69. The van der Waals surface area contributed by atoms with Crippen LogP contribution in [0.2, 0.25) is 0 Å². The second kappa shape index (κ2) is 6.50. The van der Waals surface area contributed by atoms with E-state index < -0.39 is 0 Å². The molecule has 2 aliphatic heterocycles. The molecule has 20 heavy (non-hydrogen) atoms. The molecule has 2 heterocycles. The normalized spacial score (nSPS) is 24.2. The summed E-state index contributed by atoms with van der Waals surface area (Å²) in [6, 6.07) is 8.98. The topological polar surface area (TPSA) is 6.48 Å². The predicted octanol–water partition coefficient (Wildman–Crippen LogP) is 3.15. The first-order chi connectivity index (χ1) is 9.72. The molecule has 2 aliphatic rings. The van der Waals surface area contributed by atoms with Crippen LogP contribution in [0.3, 0.4) is 0 Å². The summed E-state index contributed by atoms with van der Waals surface area (Å²) in [5.74, 6) is 2.94. The third-order valence-electron chi connectivity index (χ3n) is 4.61. The Labute approximate surface area is 127 Å². The van der Waals surface area contributed by atoms with Gasteiger partial charge in [0.1, 0.15) is 0 Å². The van der Waals surface area contributed by atoms with Gasteiger partial charge in [-0.05, 0) is 57.6 Å². The Kier molecular flexibility index (Phi) is 4.69. The molecule has 0 radical (unpaired) electrons. The minimum absolute atomic E-state index is 0.751. The zero-order chi connectivity index (χ0) is 13.9. The Morgan fingerprint density at radius 3 is 2.70 bits per heavy atom. The highest BCUT2D eigenvalue weighted by molar-refractivity contribution is 7.99. The zero-order valence-electron chi connectivity index (χ0n) is 12.7. The van der Waals surface area contributed by atoms with E-state index in [2.05, 4.69) is 48.2 Å². The van der Waals surface area contributed by atoms with E-state index in [4.69, 9.17) is 0 Å². The van der Waals surface area contributed by atoms with Crippen molar-refractivity contribution in [3.8, 4) is 0 Å². The van der Waals surface area contributed by atoms with Gasteiger partial charge in [-0.25, -0.2) is 0 Å². The first kappa shape index (κ1) is 14.4. The Morgan fingerprint density at radius 2 is 1.95 bits per heavy atom. The first-order valence-corrected chi connectivity index (χ1v) is 8.80. The van der Waals surface area contributed by atoms with Crippen LogP contribution < -0.4 is 0 Å². The van der Waals surface area contributed by atoms with Crippen molar-refractivity contribution >= 4 is 11.8 Å². The largest absolute Gasteiger partial charge is 0.309 e. The van der Waals surface area contributed by atoms with Crippen LogP contribution in [0.5, 0.6) is 0 Å². The number of rotatable bonds is 4. The highest BCUT2D eigenvalue weighted by atomic mass is 32.2. The van der Waals surface area contributed by atoms with Crippen LogP contribution in [0.15, 0.2) is 29.2 Å². The van der Waals surface area contributed by atoms with E-state index in [9.17, 15) is 0 Å². The van der Waals surface area contributed by atoms with E-state index in [-0.39, 0.29) is 0 Å². The highest BCUT2D eigenvalue weighted by Gasteiger charge is 2.27. The smallest absolute Gasteiger partial charge is 0.0108 e. The lowest BCUT2D eigenvalue weighted by Crippen LogP contribution is -2.39. The number of fused-ring (bicyclic) bond motifs is 1. The molecule has 2 nitrogen and oxygen atoms in total. The lowest BCUT2D eigenvalue weighted by atomic mass is 9.94. The van der Waals surface area contributed by atoms with Gasteiger partial charge in [0.25, 0.3) is 0 Å². The lowest BCUT2D eigenvalue weighted by Gasteiger charge is -2.34. The minimum atomic E-state index is 0.751. The summed E-state index contributed by atoms with van der Waals surface area (Å²) in [6.07, 6.45) is 2.75. The number of benzene rings is 1. The Hall–Kier alpha value is -0.510. The summed E-state index contributed by atoms with van der Waals surface area (Å²) in [5.41, 5.74) is 1.59. The summed E-state index contributed by atoms with van der Waals surface area (Å²) in [6.45, 7) is 5.11. The fourth-order valence-corrected chi connectivity index (χ4v) is 4.80. The van der Waals surface area contributed by atoms with Gasteiger partial charge in [0, 0.05) is 29.7 Å². The van der Waals surface area contributed by atoms with E-state index >= 15 is 0 Å². The van der Waals surface area contributed by atoms with Crippen molar-refractivity contribution < 1.29 is 0 Å². The molecular formula is C17H26N2S. The van der Waals surface area contributed by atoms with Gasteiger partial charge in [-0.15, -0.1) is 11.8 Å². The molecule has 0 aromatic heterocycles. The number of hydrogen-bond acceptors (Lipinski definition) is 3. The predicted molar refractivity (Wildman–Crippen MR) is 87.6 cm³/mol. The van der Waals surface area contributed by atoms with Gasteiger partial charge in [-0.3, -0.25) is 0 Å². The van der Waals surface area contributed by atoms with E-state index in [1.165, 1.54) is 49.7 Å². The Bertz CT molecular complexity index is 438. The number of thioether (sulfide) groups is 1. The number of piperidine rings is 1. The molecule has 1 fully saturated rings. The number of nitrogens with zero attached hydrogens (tertiary/aromatic N) is 2. The molecule has 0 spiro atoms. The van der Waals surface area contributed by atoms with E-state index in [1.54, 1.807) is 5.56 Å². The first-order valence-electron chi connectivity index (χ1n) is 7.81. The second-order valence-corrected chi connectivity index (χ2v) is 7.61. The number of likely N-dealkylation sites (tertiary alicyclic amines) is 1. The Morgan fingerprint density at radius 1 is 1.20 bits per heavy atom. The average molecular weight is 290 g/mol. The third-order valence-corrected chi connectivity index (χ3v) is 5.86. The SMILES string of the molecule is CN(C)CC1CCN(CC2CSc3ccccc32)CC1. The van der Waals surface area contributed by atoms with Gasteiger partial charge in [0.05, 0.1) is 0 Å². The van der Waals surface area contributed by atoms with Gasteiger partial charge >= 0.3 is 0 Å². The van der Waals surface area contributed by atoms with Crippen LogP contribution in [0.4, 0.5) is 0 Å². The third kappa shape index (κ3) is 3.38. The molecule has 110 valence electrons. The molecule has 3 rings (SSSR count). The lowest BCUT2D eigenvalue weighted by molar-refractivity contribution is 0.158. The zero-order valence-corrected chi connectivity index (χ0v) is 13.5. The second-order valence-electron chi connectivity index (χ2n) is 6.55. The maximum absolute atomic E-state index is 2.69. The molecule has 0 amide bonds. The fraction of sp³-hybridized carbons (Fsp3) is 0.647. The van der Waals surface area contributed by atoms with Crippen LogP contribution in [0.1, 0.15) is 24.3 Å². The molecule has 0 saturated carbocycles. The molecule has 1 unspecified atom stereocenters. The van der Waals surface area contributed by atoms with Crippen LogP contribution in [0.25, 0.3) is 0 Å². The van der Waals surface area contributed by atoms with Crippen LogP contribution in [-0.2, 0) is 0 Å². The highest BCUT2D eigenvalue weighted by Crippen LogP contribution is 2.39. The molecule has 0 aliphatic carbocycles. The van der Waals surface area contributed by atoms with Gasteiger partial charge in [0.2, 0.25) is 0 Å². The van der Waals surface area contributed by atoms with E-state index in [0.29, 0.717) is 0 Å². The van der Waals surface area contributed by atoms with Crippen molar-refractivity contribution in [1.82, 2.24) is 9.80 Å². The average Bonchev–Trinajstić information content (AvgIpc) is 2.84. The van der Waals surface area contributed by atoms with E-state index in [1.807, 2.05) is 11.8 Å². The molecule has 1 aromatic rings. The summed E-state index contributed by atoms with van der Waals surface area (Å²) < 4.78 is 0. The van der Waals surface area contributed by atoms with Gasteiger partial charge in [-0.2, -0.15) is 0 Å². The molecule has 1 atom stereocenters. The Balaban J connectivity index is 1.51. The van der Waals surface area contributed by atoms with Crippen molar-refractivity contribution in [3.05, 3.63) is 29.8 Å². The molecule has 3 heteroatoms.